The molecule has 1 amide bonds. The Morgan fingerprint density at radius 3 is 2.04 bits per heavy atom. The number of amides is 1. The lowest BCUT2D eigenvalue weighted by molar-refractivity contribution is -0.146. The minimum Gasteiger partial charge on any atom is -0.444 e. The van der Waals surface area contributed by atoms with Crippen LogP contribution in [0.3, 0.4) is 0 Å². The second-order valence-corrected chi connectivity index (χ2v) is 11.4. The fourth-order valence-electron chi connectivity index (χ4n) is 3.33. The third-order valence-electron chi connectivity index (χ3n) is 3.85. The van der Waals surface area contributed by atoms with E-state index in [9.17, 15) is 4.79 Å². The summed E-state index contributed by atoms with van der Waals surface area (Å²) in [6.45, 7) is 18.5. The first-order chi connectivity index (χ1) is 10.3. The van der Waals surface area contributed by atoms with E-state index >= 15 is 0 Å². The van der Waals surface area contributed by atoms with E-state index in [4.69, 9.17) is 13.9 Å². The molecule has 1 aliphatic rings. The molecule has 0 radical (unpaired) electrons. The molecule has 23 heavy (non-hydrogen) atoms. The van der Waals surface area contributed by atoms with Crippen LogP contribution in [-0.2, 0) is 13.9 Å². The van der Waals surface area contributed by atoms with Crippen molar-refractivity contribution >= 4 is 15.1 Å². The lowest BCUT2D eigenvalue weighted by Gasteiger charge is -2.56. The second-order valence-electron chi connectivity index (χ2n) is 9.06. The van der Waals surface area contributed by atoms with Crippen molar-refractivity contribution in [3.63, 3.8) is 0 Å². The van der Waals surface area contributed by atoms with Crippen molar-refractivity contribution in [3.05, 3.63) is 0 Å². The SMILES string of the molecule is COCC1(C(O[SiH](C)C)C(C)(C)C)CN(C(=O)OC(C)(C)C)C1. The van der Waals surface area contributed by atoms with Crippen LogP contribution in [0.5, 0.6) is 0 Å². The van der Waals surface area contributed by atoms with E-state index in [1.54, 1.807) is 12.0 Å². The number of rotatable bonds is 5. The van der Waals surface area contributed by atoms with Gasteiger partial charge in [0, 0.05) is 20.2 Å². The number of methoxy groups -OCH3 is 1. The lowest BCUT2D eigenvalue weighted by atomic mass is 9.66. The van der Waals surface area contributed by atoms with E-state index in [0.29, 0.717) is 19.7 Å². The van der Waals surface area contributed by atoms with Crippen molar-refractivity contribution in [2.45, 2.75) is 66.3 Å². The number of hydrogen-bond acceptors (Lipinski definition) is 4. The lowest BCUT2D eigenvalue weighted by Crippen LogP contribution is -2.69. The molecule has 5 nitrogen and oxygen atoms in total. The average Bonchev–Trinajstić information content (AvgIpc) is 2.26. The van der Waals surface area contributed by atoms with Crippen molar-refractivity contribution < 1.29 is 18.7 Å². The average molecular weight is 346 g/mol. The zero-order valence-electron chi connectivity index (χ0n) is 16.4. The molecule has 1 fully saturated rings. The van der Waals surface area contributed by atoms with Gasteiger partial charge in [-0.25, -0.2) is 4.79 Å². The van der Waals surface area contributed by atoms with Gasteiger partial charge in [-0.2, -0.15) is 0 Å². The molecule has 1 rings (SSSR count). The zero-order valence-corrected chi connectivity index (χ0v) is 17.5. The number of ether oxygens (including phenoxy) is 2. The van der Waals surface area contributed by atoms with Gasteiger partial charge in [-0.1, -0.05) is 20.8 Å². The third-order valence-corrected chi connectivity index (χ3v) is 4.66. The maximum Gasteiger partial charge on any atom is 0.410 e. The van der Waals surface area contributed by atoms with Gasteiger partial charge in [0.05, 0.1) is 18.1 Å². The molecule has 0 bridgehead atoms. The Morgan fingerprint density at radius 2 is 1.70 bits per heavy atom. The normalized spacial score (nSPS) is 19.5. The van der Waals surface area contributed by atoms with Gasteiger partial charge in [0.25, 0.3) is 0 Å². The van der Waals surface area contributed by atoms with Crippen molar-refractivity contribution in [2.75, 3.05) is 26.8 Å². The number of hydrogen-bond donors (Lipinski definition) is 0. The maximum absolute atomic E-state index is 12.3. The molecule has 0 spiro atoms. The van der Waals surface area contributed by atoms with Gasteiger partial charge in [-0.05, 0) is 39.3 Å². The Kier molecular flexibility index (Phi) is 6.32. The van der Waals surface area contributed by atoms with Crippen LogP contribution in [0, 0.1) is 10.8 Å². The zero-order chi connectivity index (χ0) is 18.1. The van der Waals surface area contributed by atoms with Crippen LogP contribution in [0.15, 0.2) is 0 Å². The maximum atomic E-state index is 12.3. The van der Waals surface area contributed by atoms with Crippen LogP contribution in [0.2, 0.25) is 13.1 Å². The van der Waals surface area contributed by atoms with Crippen LogP contribution in [0.4, 0.5) is 4.79 Å². The molecule has 1 saturated heterocycles. The van der Waals surface area contributed by atoms with Gasteiger partial charge in [0.1, 0.15) is 5.60 Å². The molecule has 6 heteroatoms. The molecular weight excluding hydrogens is 310 g/mol. The van der Waals surface area contributed by atoms with Crippen molar-refractivity contribution in [1.82, 2.24) is 4.90 Å². The number of likely N-dealkylation sites (tertiary alicyclic amines) is 1. The Hall–Kier alpha value is -0.593. The van der Waals surface area contributed by atoms with Gasteiger partial charge < -0.3 is 18.8 Å². The van der Waals surface area contributed by atoms with E-state index in [1.807, 2.05) is 20.8 Å². The number of carbonyl (C=O) groups excluding carboxylic acids is 1. The van der Waals surface area contributed by atoms with Crippen molar-refractivity contribution in [1.29, 1.82) is 0 Å². The van der Waals surface area contributed by atoms with E-state index < -0.39 is 14.6 Å². The van der Waals surface area contributed by atoms with Gasteiger partial charge in [-0.15, -0.1) is 0 Å². The third kappa shape index (κ3) is 5.47. The molecule has 0 saturated carbocycles. The highest BCUT2D eigenvalue weighted by Crippen LogP contribution is 2.44. The molecule has 136 valence electrons. The second kappa shape index (κ2) is 7.11. The molecule has 0 N–H and O–H groups in total. The van der Waals surface area contributed by atoms with Crippen LogP contribution in [0.1, 0.15) is 41.5 Å². The largest absolute Gasteiger partial charge is 0.444 e. The summed E-state index contributed by atoms with van der Waals surface area (Å²) in [7, 11) is 0.510. The Balaban J connectivity index is 2.88. The first-order valence-corrected chi connectivity index (χ1v) is 11.2. The van der Waals surface area contributed by atoms with Crippen LogP contribution in [0.25, 0.3) is 0 Å². The molecule has 0 aromatic heterocycles. The summed E-state index contributed by atoms with van der Waals surface area (Å²) in [5.74, 6) is 0. The summed E-state index contributed by atoms with van der Waals surface area (Å²) >= 11 is 0. The van der Waals surface area contributed by atoms with Gasteiger partial charge in [0.15, 0.2) is 9.04 Å². The summed E-state index contributed by atoms with van der Waals surface area (Å²) < 4.78 is 17.3. The summed E-state index contributed by atoms with van der Waals surface area (Å²) in [4.78, 5) is 14.0. The summed E-state index contributed by atoms with van der Waals surface area (Å²) in [5, 5.41) is 0. The fourth-order valence-corrected chi connectivity index (χ4v) is 4.57. The summed E-state index contributed by atoms with van der Waals surface area (Å²) in [6.07, 6.45) is -0.181. The van der Waals surface area contributed by atoms with Crippen LogP contribution >= 0.6 is 0 Å². The quantitative estimate of drug-likeness (QED) is 0.718. The first-order valence-electron chi connectivity index (χ1n) is 8.43. The van der Waals surface area contributed by atoms with Crippen molar-refractivity contribution in [3.8, 4) is 0 Å². The smallest absolute Gasteiger partial charge is 0.410 e. The number of nitrogens with zero attached hydrogens (tertiary/aromatic N) is 1. The standard InChI is InChI=1S/C17H35NO4Si/c1-15(2,3)13(22-23(8)9)17(12-20-7)10-18(11-17)14(19)21-16(4,5)6/h13,23H,10-12H2,1-9H3. The fraction of sp³-hybridized carbons (Fsp3) is 0.941. The Labute approximate surface area is 143 Å². The van der Waals surface area contributed by atoms with Gasteiger partial charge >= 0.3 is 6.09 Å². The van der Waals surface area contributed by atoms with Gasteiger partial charge in [0.2, 0.25) is 0 Å². The predicted molar refractivity (Wildman–Crippen MR) is 95.3 cm³/mol. The van der Waals surface area contributed by atoms with E-state index in [1.165, 1.54) is 0 Å². The Bertz CT molecular complexity index is 406. The van der Waals surface area contributed by atoms with E-state index in [2.05, 4.69) is 33.9 Å². The molecule has 1 atom stereocenters. The monoisotopic (exact) mass is 345 g/mol. The molecule has 1 heterocycles. The highest BCUT2D eigenvalue weighted by atomic mass is 28.3. The number of carbonyl (C=O) groups is 1. The van der Waals surface area contributed by atoms with Gasteiger partial charge in [-0.3, -0.25) is 0 Å². The highest BCUT2D eigenvalue weighted by molar-refractivity contribution is 6.48. The van der Waals surface area contributed by atoms with Crippen LogP contribution < -0.4 is 0 Å². The minimum absolute atomic E-state index is 0.00414. The molecule has 0 aliphatic carbocycles. The van der Waals surface area contributed by atoms with Crippen LogP contribution in [-0.4, -0.2) is 58.5 Å². The molecular formula is C17H35NO4Si. The predicted octanol–water partition coefficient (Wildman–Crippen LogP) is 3.28. The van der Waals surface area contributed by atoms with E-state index in [-0.39, 0.29) is 23.0 Å². The molecule has 0 aromatic rings. The summed E-state index contributed by atoms with van der Waals surface area (Å²) in [6, 6.07) is 0. The Morgan fingerprint density at radius 1 is 1.17 bits per heavy atom. The molecule has 0 aromatic carbocycles. The van der Waals surface area contributed by atoms with Crippen molar-refractivity contribution in [2.24, 2.45) is 10.8 Å². The molecule has 1 aliphatic heterocycles. The minimum atomic E-state index is -1.20. The summed E-state index contributed by atoms with van der Waals surface area (Å²) in [5.41, 5.74) is -0.627. The highest BCUT2D eigenvalue weighted by Gasteiger charge is 2.55. The molecule has 1 unspecified atom stereocenters. The van der Waals surface area contributed by atoms with E-state index in [0.717, 1.165) is 0 Å². The topological polar surface area (TPSA) is 48.0 Å². The first kappa shape index (κ1) is 20.5.